The zero-order chi connectivity index (χ0) is 15.8. The highest BCUT2D eigenvalue weighted by Gasteiger charge is 2.50. The van der Waals surface area contributed by atoms with Gasteiger partial charge in [-0.25, -0.2) is 0 Å². The number of hydrogen-bond acceptors (Lipinski definition) is 5. The van der Waals surface area contributed by atoms with Crippen molar-refractivity contribution in [3.63, 3.8) is 0 Å². The van der Waals surface area contributed by atoms with Crippen molar-refractivity contribution in [2.75, 3.05) is 13.2 Å². The molecule has 0 amide bonds. The van der Waals surface area contributed by atoms with Gasteiger partial charge in [-0.2, -0.15) is 8.42 Å². The molecule has 1 saturated carbocycles. The second-order valence-corrected chi connectivity index (χ2v) is 8.10. The van der Waals surface area contributed by atoms with Crippen LogP contribution in [0, 0.1) is 12.3 Å². The molecule has 0 N–H and O–H groups in total. The quantitative estimate of drug-likeness (QED) is 0.613. The average Bonchev–Trinajstić information content (AvgIpc) is 2.55. The first-order valence-electron chi connectivity index (χ1n) is 7.45. The molecule has 1 aliphatic carbocycles. The molecule has 0 spiro atoms. The molecule has 0 atom stereocenters. The van der Waals surface area contributed by atoms with E-state index in [4.69, 9.17) is 8.92 Å². The van der Waals surface area contributed by atoms with Crippen molar-refractivity contribution in [3.8, 4) is 0 Å². The Hall–Kier alpha value is -1.24. The molecular formula is C16H20O5S. The maximum absolute atomic E-state index is 12.2. The molecule has 1 aromatic rings. The third kappa shape index (κ3) is 2.83. The molecule has 120 valence electrons. The second-order valence-electron chi connectivity index (χ2n) is 6.48. The molecule has 6 heteroatoms. The molecule has 3 aliphatic rings. The fourth-order valence-electron chi connectivity index (χ4n) is 3.08. The first-order chi connectivity index (χ1) is 10.4. The Kier molecular flexibility index (Phi) is 3.87. The molecule has 2 heterocycles. The molecule has 0 radical (unpaired) electrons. The van der Waals surface area contributed by atoms with Crippen LogP contribution in [0.5, 0.6) is 0 Å². The summed E-state index contributed by atoms with van der Waals surface area (Å²) in [6.07, 6.45) is 3.79. The highest BCUT2D eigenvalue weighted by Crippen LogP contribution is 2.47. The minimum atomic E-state index is -3.78. The highest BCUT2D eigenvalue weighted by molar-refractivity contribution is 7.86. The molecule has 2 aliphatic heterocycles. The summed E-state index contributed by atoms with van der Waals surface area (Å²) in [5, 5.41) is 0. The van der Waals surface area contributed by atoms with E-state index in [1.807, 2.05) is 6.92 Å². The van der Waals surface area contributed by atoms with Crippen molar-refractivity contribution in [1.82, 2.24) is 0 Å². The molecule has 0 aromatic heterocycles. The summed E-state index contributed by atoms with van der Waals surface area (Å²) in [6, 6.07) is 6.57. The first-order valence-corrected chi connectivity index (χ1v) is 8.86. The standard InChI is InChI=1S/C16H20O5S/c1-13-2-4-14(5-3-13)22(18,19)21-12-16-8-6-15(10-17,7-9-16)11-20-16/h2-5,10H,6-9,11-12H2,1H3. The number of hydrogen-bond donors (Lipinski definition) is 0. The van der Waals surface area contributed by atoms with E-state index in [-0.39, 0.29) is 16.9 Å². The van der Waals surface area contributed by atoms with Crippen LogP contribution < -0.4 is 0 Å². The third-order valence-corrected chi connectivity index (χ3v) is 6.14. The van der Waals surface area contributed by atoms with Gasteiger partial charge in [-0.3, -0.25) is 4.18 Å². The molecular weight excluding hydrogens is 304 g/mol. The van der Waals surface area contributed by atoms with E-state index in [1.165, 1.54) is 0 Å². The number of aldehydes is 1. The van der Waals surface area contributed by atoms with Crippen molar-refractivity contribution < 1.29 is 22.1 Å². The van der Waals surface area contributed by atoms with Crippen LogP contribution in [0.2, 0.25) is 0 Å². The predicted molar refractivity (Wildman–Crippen MR) is 80.0 cm³/mol. The molecule has 2 bridgehead atoms. The van der Waals surface area contributed by atoms with Gasteiger partial charge in [-0.05, 0) is 44.7 Å². The van der Waals surface area contributed by atoms with Gasteiger partial charge < -0.3 is 9.53 Å². The van der Waals surface area contributed by atoms with Gasteiger partial charge in [-0.15, -0.1) is 0 Å². The maximum atomic E-state index is 12.2. The smallest absolute Gasteiger partial charge is 0.297 e. The van der Waals surface area contributed by atoms with E-state index in [0.29, 0.717) is 19.4 Å². The Morgan fingerprint density at radius 2 is 1.82 bits per heavy atom. The highest BCUT2D eigenvalue weighted by atomic mass is 32.2. The largest absolute Gasteiger partial charge is 0.372 e. The van der Waals surface area contributed by atoms with Crippen molar-refractivity contribution in [3.05, 3.63) is 29.8 Å². The van der Waals surface area contributed by atoms with Gasteiger partial charge in [0.15, 0.2) is 0 Å². The summed E-state index contributed by atoms with van der Waals surface area (Å²) in [6.45, 7) is 2.27. The zero-order valence-corrected chi connectivity index (χ0v) is 13.4. The van der Waals surface area contributed by atoms with Crippen LogP contribution in [0.1, 0.15) is 31.2 Å². The zero-order valence-electron chi connectivity index (χ0n) is 12.6. The van der Waals surface area contributed by atoms with Gasteiger partial charge in [0.1, 0.15) is 6.29 Å². The van der Waals surface area contributed by atoms with Gasteiger partial charge in [0.2, 0.25) is 0 Å². The van der Waals surface area contributed by atoms with Crippen LogP contribution in [-0.2, 0) is 23.8 Å². The number of benzene rings is 1. The average molecular weight is 324 g/mol. The second kappa shape index (κ2) is 5.44. The normalized spacial score (nSPS) is 31.1. The summed E-state index contributed by atoms with van der Waals surface area (Å²) in [5.41, 5.74) is 0.0609. The summed E-state index contributed by atoms with van der Waals surface area (Å²) in [5.74, 6) is 0. The maximum Gasteiger partial charge on any atom is 0.297 e. The van der Waals surface area contributed by atoms with Gasteiger partial charge in [0.05, 0.1) is 23.7 Å². The van der Waals surface area contributed by atoms with Crippen molar-refractivity contribution in [2.24, 2.45) is 5.41 Å². The Morgan fingerprint density at radius 1 is 1.18 bits per heavy atom. The molecule has 5 nitrogen and oxygen atoms in total. The predicted octanol–water partition coefficient (Wildman–Crippen LogP) is 2.23. The summed E-state index contributed by atoms with van der Waals surface area (Å²) in [4.78, 5) is 11.3. The molecule has 2 saturated heterocycles. The van der Waals surface area contributed by atoms with Gasteiger partial charge in [0.25, 0.3) is 10.1 Å². The fraction of sp³-hybridized carbons (Fsp3) is 0.562. The van der Waals surface area contributed by atoms with Gasteiger partial charge in [-0.1, -0.05) is 17.7 Å². The lowest BCUT2D eigenvalue weighted by Crippen LogP contribution is -2.54. The number of carbonyl (C=O) groups excluding carboxylic acids is 1. The monoisotopic (exact) mass is 324 g/mol. The van der Waals surface area contributed by atoms with E-state index >= 15 is 0 Å². The lowest BCUT2D eigenvalue weighted by molar-refractivity contribution is -0.191. The summed E-state index contributed by atoms with van der Waals surface area (Å²) < 4.78 is 35.5. The lowest BCUT2D eigenvalue weighted by atomic mass is 9.67. The molecule has 3 fully saturated rings. The Morgan fingerprint density at radius 3 is 2.32 bits per heavy atom. The number of ether oxygens (including phenoxy) is 1. The van der Waals surface area contributed by atoms with Crippen LogP contribution >= 0.6 is 0 Å². The van der Waals surface area contributed by atoms with Crippen LogP contribution in [0.25, 0.3) is 0 Å². The SMILES string of the molecule is Cc1ccc(S(=O)(=O)OCC23CCC(C=O)(CC2)CO3)cc1. The van der Waals surface area contributed by atoms with Gasteiger partial charge in [0, 0.05) is 5.41 Å². The number of fused-ring (bicyclic) bond motifs is 3. The van der Waals surface area contributed by atoms with Crippen molar-refractivity contribution in [1.29, 1.82) is 0 Å². The summed E-state index contributed by atoms with van der Waals surface area (Å²) in [7, 11) is -3.78. The van der Waals surface area contributed by atoms with Crippen molar-refractivity contribution in [2.45, 2.75) is 43.1 Å². The van der Waals surface area contributed by atoms with Crippen molar-refractivity contribution >= 4 is 16.4 Å². The van der Waals surface area contributed by atoms with Crippen LogP contribution in [0.15, 0.2) is 29.2 Å². The molecule has 22 heavy (non-hydrogen) atoms. The lowest BCUT2D eigenvalue weighted by Gasteiger charge is -2.50. The van der Waals surface area contributed by atoms with E-state index in [2.05, 4.69) is 0 Å². The third-order valence-electron chi connectivity index (χ3n) is 4.86. The minimum absolute atomic E-state index is 0.0121. The minimum Gasteiger partial charge on any atom is -0.372 e. The number of aryl methyl sites for hydroxylation is 1. The van der Waals surface area contributed by atoms with Crippen LogP contribution in [0.3, 0.4) is 0 Å². The van der Waals surface area contributed by atoms with E-state index in [9.17, 15) is 13.2 Å². The first kappa shape index (κ1) is 15.6. The topological polar surface area (TPSA) is 69.7 Å². The Labute approximate surface area is 130 Å². The molecule has 1 aromatic carbocycles. The van der Waals surface area contributed by atoms with Crippen LogP contribution in [-0.4, -0.2) is 33.5 Å². The van der Waals surface area contributed by atoms with Gasteiger partial charge >= 0.3 is 0 Å². The fourth-order valence-corrected chi connectivity index (χ4v) is 4.06. The Balaban J connectivity index is 1.68. The van der Waals surface area contributed by atoms with E-state index < -0.39 is 15.7 Å². The summed E-state index contributed by atoms with van der Waals surface area (Å²) >= 11 is 0. The van der Waals surface area contributed by atoms with E-state index in [0.717, 1.165) is 24.7 Å². The van der Waals surface area contributed by atoms with E-state index in [1.54, 1.807) is 24.3 Å². The number of carbonyl (C=O) groups is 1. The Bertz CT molecular complexity index is 638. The molecule has 0 unspecified atom stereocenters. The number of rotatable bonds is 5. The molecule has 4 rings (SSSR count). The van der Waals surface area contributed by atoms with Crippen LogP contribution in [0.4, 0.5) is 0 Å².